The zero-order valence-corrected chi connectivity index (χ0v) is 25.6. The van der Waals surface area contributed by atoms with Gasteiger partial charge in [0, 0.05) is 41.7 Å². The summed E-state index contributed by atoms with van der Waals surface area (Å²) in [6.45, 7) is 5.86. The highest BCUT2D eigenvalue weighted by Crippen LogP contribution is 2.66. The summed E-state index contributed by atoms with van der Waals surface area (Å²) in [4.78, 5) is 28.7. The van der Waals surface area contributed by atoms with Gasteiger partial charge in [-0.1, -0.05) is 25.5 Å². The van der Waals surface area contributed by atoms with Crippen LogP contribution in [0.4, 0.5) is 0 Å². The van der Waals surface area contributed by atoms with E-state index in [9.17, 15) is 50.4 Å². The number of hydrogen-bond acceptors (Lipinski definition) is 12. The first-order valence-corrected chi connectivity index (χ1v) is 15.1. The van der Waals surface area contributed by atoms with Gasteiger partial charge in [0.05, 0.1) is 10.8 Å². The van der Waals surface area contributed by atoms with Crippen LogP contribution in [0.2, 0.25) is 0 Å². The van der Waals surface area contributed by atoms with Crippen LogP contribution < -0.4 is 10.9 Å². The molecule has 0 spiro atoms. The molecule has 3 atom stereocenters. The van der Waals surface area contributed by atoms with E-state index in [4.69, 9.17) is 8.83 Å². The molecule has 0 saturated carbocycles. The van der Waals surface area contributed by atoms with Crippen molar-refractivity contribution in [1.82, 2.24) is 0 Å². The fourth-order valence-corrected chi connectivity index (χ4v) is 8.46. The third-order valence-corrected chi connectivity index (χ3v) is 10.0. The summed E-state index contributed by atoms with van der Waals surface area (Å²) in [7, 11) is 0. The Labute approximate surface area is 268 Å². The molecule has 8 rings (SSSR count). The Hall–Kier alpha value is -6.04. The Morgan fingerprint density at radius 3 is 1.77 bits per heavy atom. The highest BCUT2D eigenvalue weighted by molar-refractivity contribution is 6.02. The predicted molar refractivity (Wildman–Crippen MR) is 174 cm³/mol. The predicted octanol–water partition coefficient (Wildman–Crippen LogP) is 6.07. The van der Waals surface area contributed by atoms with E-state index in [0.29, 0.717) is 6.42 Å². The highest BCUT2D eigenvalue weighted by atomic mass is 16.4. The summed E-state index contributed by atoms with van der Waals surface area (Å²) < 4.78 is 11.8. The van der Waals surface area contributed by atoms with E-state index in [1.54, 1.807) is 0 Å². The monoisotopic (exact) mass is 652 g/mol. The number of phenols is 8. The molecule has 244 valence electrons. The maximum Gasteiger partial charge on any atom is 0.204 e. The van der Waals surface area contributed by atoms with Crippen molar-refractivity contribution in [2.75, 3.05) is 0 Å². The normalized spacial score (nSPS) is 20.0. The second-order valence-electron chi connectivity index (χ2n) is 13.5. The van der Waals surface area contributed by atoms with Gasteiger partial charge in [0.1, 0.15) is 44.9 Å². The van der Waals surface area contributed by atoms with Gasteiger partial charge in [0.25, 0.3) is 0 Å². The molecule has 0 fully saturated rings. The Bertz CT molecular complexity index is 2620. The lowest BCUT2D eigenvalue weighted by Crippen LogP contribution is -2.33. The molecule has 48 heavy (non-hydrogen) atoms. The van der Waals surface area contributed by atoms with Gasteiger partial charge < -0.3 is 49.7 Å². The Balaban J connectivity index is 1.62. The zero-order chi connectivity index (χ0) is 34.3. The van der Waals surface area contributed by atoms with E-state index >= 15 is 0 Å². The number of aromatic hydroxyl groups is 8. The molecule has 6 aromatic rings. The van der Waals surface area contributed by atoms with Crippen molar-refractivity contribution in [3.63, 3.8) is 0 Å². The first-order chi connectivity index (χ1) is 22.6. The third-order valence-electron chi connectivity index (χ3n) is 10.0. The minimum atomic E-state index is -1.02. The van der Waals surface area contributed by atoms with E-state index < -0.39 is 91.2 Å². The quantitative estimate of drug-likeness (QED) is 0.0576. The maximum atomic E-state index is 14.4. The SMILES string of the molecule is CC1=CC2c3c(O)c(O)c4oc5cc(O)cc(O)c5c(=O)c4c3[C@H](c3cc(O)c(O)c4oc5cc(O)cc(O)c5c(=O)c34)C2C(C)(C)C1. The van der Waals surface area contributed by atoms with Gasteiger partial charge in [-0.05, 0) is 41.9 Å². The molecule has 4 aromatic carbocycles. The van der Waals surface area contributed by atoms with Crippen LogP contribution in [0.15, 0.2) is 60.4 Å². The molecule has 0 saturated heterocycles. The summed E-state index contributed by atoms with van der Waals surface area (Å²) in [5, 5.41) is 85.6. The largest absolute Gasteiger partial charge is 0.508 e. The molecule has 2 unspecified atom stereocenters. The smallest absolute Gasteiger partial charge is 0.204 e. The number of rotatable bonds is 1. The topological polar surface area (TPSA) is 222 Å². The summed E-state index contributed by atoms with van der Waals surface area (Å²) in [6, 6.07) is 5.25. The van der Waals surface area contributed by atoms with Crippen LogP contribution >= 0.6 is 0 Å². The molecule has 2 heterocycles. The molecule has 2 aliphatic carbocycles. The number of hydrogen-bond donors (Lipinski definition) is 8. The van der Waals surface area contributed by atoms with Crippen molar-refractivity contribution in [2.24, 2.45) is 11.3 Å². The zero-order valence-electron chi connectivity index (χ0n) is 25.6. The standard InChI is InChI=1S/C36H28O12/c1-11-4-15-22-26(27-31(44)25-17(40)6-13(38)8-20(25)48-35(27)33(46)32(22)45)21(28(15)36(2,3)10-11)14-9-18(41)29(42)34-23(14)30(43)24-16(39)5-12(37)7-19(24)47-34/h4-9,15,21,28,37-42,45-46H,10H2,1-3H3/t15?,21-,28?/m0/s1. The Kier molecular flexibility index (Phi) is 5.68. The number of benzene rings is 4. The van der Waals surface area contributed by atoms with E-state index in [0.717, 1.165) is 29.8 Å². The van der Waals surface area contributed by atoms with Crippen molar-refractivity contribution < 1.29 is 49.7 Å². The second kappa shape index (κ2) is 9.28. The van der Waals surface area contributed by atoms with Crippen LogP contribution in [0.5, 0.6) is 46.0 Å². The first kappa shape index (κ1) is 29.4. The van der Waals surface area contributed by atoms with Gasteiger partial charge in [-0.2, -0.15) is 0 Å². The molecule has 12 heteroatoms. The summed E-state index contributed by atoms with van der Waals surface area (Å²) in [6.07, 6.45) is 2.47. The highest BCUT2D eigenvalue weighted by Gasteiger charge is 2.53. The summed E-state index contributed by atoms with van der Waals surface area (Å²) in [5.74, 6) is -7.02. The van der Waals surface area contributed by atoms with E-state index in [1.165, 1.54) is 6.07 Å². The van der Waals surface area contributed by atoms with Crippen molar-refractivity contribution in [3.05, 3.63) is 79.1 Å². The lowest BCUT2D eigenvalue weighted by Gasteiger charge is -2.43. The fourth-order valence-electron chi connectivity index (χ4n) is 8.46. The Morgan fingerprint density at radius 2 is 1.19 bits per heavy atom. The van der Waals surface area contributed by atoms with Crippen LogP contribution in [0.1, 0.15) is 55.7 Å². The molecule has 2 aromatic heterocycles. The molecule has 12 nitrogen and oxygen atoms in total. The fraction of sp³-hybridized carbons (Fsp3) is 0.222. The number of phenolic OH excluding ortho intramolecular Hbond substituents is 8. The lowest BCUT2D eigenvalue weighted by atomic mass is 9.61. The van der Waals surface area contributed by atoms with E-state index in [1.807, 2.05) is 26.8 Å². The van der Waals surface area contributed by atoms with Gasteiger partial charge in [-0.15, -0.1) is 0 Å². The summed E-state index contributed by atoms with van der Waals surface area (Å²) >= 11 is 0. The average Bonchev–Trinajstić information content (AvgIpc) is 3.32. The van der Waals surface area contributed by atoms with E-state index in [-0.39, 0.29) is 49.4 Å². The molecule has 0 bridgehead atoms. The molecular formula is C36H28O12. The minimum absolute atomic E-state index is 0.0824. The molecule has 8 N–H and O–H groups in total. The lowest BCUT2D eigenvalue weighted by molar-refractivity contribution is 0.173. The molecule has 0 amide bonds. The molecule has 0 aliphatic heterocycles. The van der Waals surface area contributed by atoms with Gasteiger partial charge in [0.15, 0.2) is 22.7 Å². The minimum Gasteiger partial charge on any atom is -0.508 e. The van der Waals surface area contributed by atoms with Gasteiger partial charge >= 0.3 is 0 Å². The van der Waals surface area contributed by atoms with Crippen LogP contribution in [-0.2, 0) is 0 Å². The van der Waals surface area contributed by atoms with Crippen molar-refractivity contribution in [2.45, 2.75) is 39.0 Å². The van der Waals surface area contributed by atoms with Crippen LogP contribution in [-0.4, -0.2) is 40.9 Å². The molecule has 2 aliphatic rings. The second-order valence-corrected chi connectivity index (χ2v) is 13.5. The maximum absolute atomic E-state index is 14.4. The average molecular weight is 653 g/mol. The Morgan fingerprint density at radius 1 is 0.646 bits per heavy atom. The summed E-state index contributed by atoms with van der Waals surface area (Å²) in [5.41, 5.74) is -2.27. The van der Waals surface area contributed by atoms with Gasteiger partial charge in [-0.3, -0.25) is 9.59 Å². The van der Waals surface area contributed by atoms with E-state index in [2.05, 4.69) is 0 Å². The number of allylic oxidation sites excluding steroid dienone is 2. The molecule has 0 radical (unpaired) electrons. The van der Waals surface area contributed by atoms with Crippen molar-refractivity contribution in [1.29, 1.82) is 0 Å². The van der Waals surface area contributed by atoms with Crippen molar-refractivity contribution in [3.8, 4) is 46.0 Å². The van der Waals surface area contributed by atoms with Gasteiger partial charge in [-0.25, -0.2) is 0 Å². The van der Waals surface area contributed by atoms with Crippen LogP contribution in [0.3, 0.4) is 0 Å². The van der Waals surface area contributed by atoms with Crippen LogP contribution in [0.25, 0.3) is 43.9 Å². The van der Waals surface area contributed by atoms with Crippen molar-refractivity contribution >= 4 is 43.9 Å². The molecular weight excluding hydrogens is 624 g/mol. The number of fused-ring (bicyclic) bond motifs is 8. The third kappa shape index (κ3) is 3.65. The van der Waals surface area contributed by atoms with Crippen LogP contribution in [0, 0.1) is 11.3 Å². The first-order valence-electron chi connectivity index (χ1n) is 15.1. The van der Waals surface area contributed by atoms with Gasteiger partial charge in [0.2, 0.25) is 22.4 Å².